The number of hydrogen-bond donors (Lipinski definition) is 2. The highest BCUT2D eigenvalue weighted by Crippen LogP contribution is 2.02. The topological polar surface area (TPSA) is 50.4 Å². The maximum absolute atomic E-state index is 11.4. The highest BCUT2D eigenvalue weighted by Gasteiger charge is 2.03. The number of carbonyl (C=O) groups is 1. The van der Waals surface area contributed by atoms with Crippen LogP contribution in [0.1, 0.15) is 46.0 Å². The molecule has 0 aliphatic rings. The summed E-state index contributed by atoms with van der Waals surface area (Å²) >= 11 is 0. The molecule has 4 nitrogen and oxygen atoms in total. The van der Waals surface area contributed by atoms with Gasteiger partial charge in [0.1, 0.15) is 0 Å². The van der Waals surface area contributed by atoms with E-state index in [0.29, 0.717) is 25.6 Å². The smallest absolute Gasteiger partial charge is 0.221 e. The molecule has 1 amide bonds. The van der Waals surface area contributed by atoms with Crippen LogP contribution in [0.4, 0.5) is 0 Å². The molecule has 0 saturated carbocycles. The van der Waals surface area contributed by atoms with E-state index in [2.05, 4.69) is 24.5 Å². The number of nitrogens with one attached hydrogen (secondary N) is 2. The van der Waals surface area contributed by atoms with E-state index in [-0.39, 0.29) is 5.91 Å². The average molecular weight is 244 g/mol. The zero-order chi connectivity index (χ0) is 12.9. The van der Waals surface area contributed by atoms with Crippen molar-refractivity contribution >= 4 is 5.91 Å². The van der Waals surface area contributed by atoms with Crippen molar-refractivity contribution in [3.05, 3.63) is 0 Å². The van der Waals surface area contributed by atoms with Gasteiger partial charge >= 0.3 is 0 Å². The maximum atomic E-state index is 11.4. The number of ether oxygens (including phenoxy) is 1. The van der Waals surface area contributed by atoms with E-state index in [0.717, 1.165) is 6.54 Å². The average Bonchev–Trinajstić information content (AvgIpc) is 2.30. The molecule has 0 aromatic rings. The molecular weight excluding hydrogens is 216 g/mol. The minimum absolute atomic E-state index is 0.0929. The second kappa shape index (κ2) is 11.9. The Kier molecular flexibility index (Phi) is 11.4. The Morgan fingerprint density at radius 1 is 1.29 bits per heavy atom. The molecule has 0 spiro atoms. The summed E-state index contributed by atoms with van der Waals surface area (Å²) < 4.78 is 4.86. The van der Waals surface area contributed by atoms with Gasteiger partial charge in [0.15, 0.2) is 0 Å². The lowest BCUT2D eigenvalue weighted by atomic mass is 10.1. The molecule has 0 aromatic carbocycles. The number of amides is 1. The van der Waals surface area contributed by atoms with Crippen LogP contribution in [-0.2, 0) is 9.53 Å². The molecule has 17 heavy (non-hydrogen) atoms. The molecule has 1 atom stereocenters. The monoisotopic (exact) mass is 244 g/mol. The lowest BCUT2D eigenvalue weighted by Gasteiger charge is -2.13. The first-order chi connectivity index (χ1) is 8.20. The molecule has 0 saturated heterocycles. The third-order valence-corrected chi connectivity index (χ3v) is 2.71. The summed E-state index contributed by atoms with van der Waals surface area (Å²) in [5.41, 5.74) is 0. The van der Waals surface area contributed by atoms with Crippen LogP contribution in [0.25, 0.3) is 0 Å². The predicted molar refractivity (Wildman–Crippen MR) is 71.1 cm³/mol. The van der Waals surface area contributed by atoms with Gasteiger partial charge in [0.2, 0.25) is 5.91 Å². The lowest BCUT2D eigenvalue weighted by molar-refractivity contribution is -0.121. The Morgan fingerprint density at radius 3 is 2.71 bits per heavy atom. The first kappa shape index (κ1) is 16.4. The summed E-state index contributed by atoms with van der Waals surface area (Å²) in [7, 11) is 1.63. The van der Waals surface area contributed by atoms with Crippen LogP contribution in [0.2, 0.25) is 0 Å². The van der Waals surface area contributed by atoms with Crippen LogP contribution in [0.3, 0.4) is 0 Å². The summed E-state index contributed by atoms with van der Waals surface area (Å²) in [4.78, 5) is 11.4. The van der Waals surface area contributed by atoms with E-state index >= 15 is 0 Å². The SMILES string of the molecule is CCCCCC(C)NCCC(=O)NCCOC. The Morgan fingerprint density at radius 2 is 2.06 bits per heavy atom. The van der Waals surface area contributed by atoms with E-state index in [1.807, 2.05) is 0 Å². The van der Waals surface area contributed by atoms with Crippen LogP contribution < -0.4 is 10.6 Å². The molecule has 0 bridgehead atoms. The number of methoxy groups -OCH3 is 1. The molecule has 2 N–H and O–H groups in total. The van der Waals surface area contributed by atoms with Crippen LogP contribution >= 0.6 is 0 Å². The number of rotatable bonds is 11. The fourth-order valence-electron chi connectivity index (χ4n) is 1.62. The van der Waals surface area contributed by atoms with Crippen molar-refractivity contribution in [2.75, 3.05) is 26.8 Å². The van der Waals surface area contributed by atoms with Gasteiger partial charge in [-0.15, -0.1) is 0 Å². The highest BCUT2D eigenvalue weighted by atomic mass is 16.5. The molecule has 0 aromatic heterocycles. The Balaban J connectivity index is 3.32. The van der Waals surface area contributed by atoms with E-state index in [1.165, 1.54) is 25.7 Å². The first-order valence-corrected chi connectivity index (χ1v) is 6.69. The number of unbranched alkanes of at least 4 members (excludes halogenated alkanes) is 2. The Labute approximate surface area is 105 Å². The molecule has 0 fully saturated rings. The molecule has 102 valence electrons. The van der Waals surface area contributed by atoms with Gasteiger partial charge in [-0.25, -0.2) is 0 Å². The van der Waals surface area contributed by atoms with E-state index in [1.54, 1.807) is 7.11 Å². The van der Waals surface area contributed by atoms with Gasteiger partial charge in [0, 0.05) is 32.7 Å². The largest absolute Gasteiger partial charge is 0.383 e. The van der Waals surface area contributed by atoms with Gasteiger partial charge in [-0.1, -0.05) is 26.2 Å². The van der Waals surface area contributed by atoms with Gasteiger partial charge in [0.05, 0.1) is 6.61 Å². The minimum Gasteiger partial charge on any atom is -0.383 e. The maximum Gasteiger partial charge on any atom is 0.221 e. The van der Waals surface area contributed by atoms with E-state index < -0.39 is 0 Å². The minimum atomic E-state index is 0.0929. The van der Waals surface area contributed by atoms with Crippen molar-refractivity contribution in [3.8, 4) is 0 Å². The molecule has 0 heterocycles. The zero-order valence-corrected chi connectivity index (χ0v) is 11.6. The fourth-order valence-corrected chi connectivity index (χ4v) is 1.62. The molecule has 0 rings (SSSR count). The first-order valence-electron chi connectivity index (χ1n) is 6.69. The summed E-state index contributed by atoms with van der Waals surface area (Å²) in [5, 5.41) is 6.18. The van der Waals surface area contributed by atoms with E-state index in [9.17, 15) is 4.79 Å². The van der Waals surface area contributed by atoms with Crippen molar-refractivity contribution in [1.82, 2.24) is 10.6 Å². The molecule has 4 heteroatoms. The second-order valence-electron chi connectivity index (χ2n) is 4.44. The summed E-state index contributed by atoms with van der Waals surface area (Å²) in [5.74, 6) is 0.0929. The van der Waals surface area contributed by atoms with Crippen molar-refractivity contribution in [1.29, 1.82) is 0 Å². The normalized spacial score (nSPS) is 12.4. The van der Waals surface area contributed by atoms with Crippen molar-refractivity contribution in [2.45, 2.75) is 52.0 Å². The second-order valence-corrected chi connectivity index (χ2v) is 4.44. The van der Waals surface area contributed by atoms with Crippen molar-refractivity contribution < 1.29 is 9.53 Å². The van der Waals surface area contributed by atoms with Gasteiger partial charge in [-0.2, -0.15) is 0 Å². The summed E-state index contributed by atoms with van der Waals surface area (Å²) in [6.07, 6.45) is 5.56. The van der Waals surface area contributed by atoms with E-state index in [4.69, 9.17) is 4.74 Å². The lowest BCUT2D eigenvalue weighted by Crippen LogP contribution is -2.33. The van der Waals surface area contributed by atoms with Crippen LogP contribution in [0.15, 0.2) is 0 Å². The summed E-state index contributed by atoms with van der Waals surface area (Å²) in [6, 6.07) is 0.508. The van der Waals surface area contributed by atoms with Gasteiger partial charge in [-0.05, 0) is 13.3 Å². The zero-order valence-electron chi connectivity index (χ0n) is 11.6. The van der Waals surface area contributed by atoms with Gasteiger partial charge < -0.3 is 15.4 Å². The van der Waals surface area contributed by atoms with Crippen LogP contribution in [0, 0.1) is 0 Å². The summed E-state index contributed by atoms with van der Waals surface area (Å²) in [6.45, 7) is 6.32. The fraction of sp³-hybridized carbons (Fsp3) is 0.923. The third-order valence-electron chi connectivity index (χ3n) is 2.71. The molecule has 1 unspecified atom stereocenters. The number of carbonyl (C=O) groups excluding carboxylic acids is 1. The van der Waals surface area contributed by atoms with Crippen molar-refractivity contribution in [2.24, 2.45) is 0 Å². The van der Waals surface area contributed by atoms with Gasteiger partial charge in [0.25, 0.3) is 0 Å². The Bertz CT molecular complexity index is 186. The molecule has 0 aliphatic heterocycles. The van der Waals surface area contributed by atoms with Crippen molar-refractivity contribution in [3.63, 3.8) is 0 Å². The number of hydrogen-bond acceptors (Lipinski definition) is 3. The molecular formula is C13H28N2O2. The third kappa shape index (κ3) is 11.6. The Hall–Kier alpha value is -0.610. The van der Waals surface area contributed by atoms with Crippen LogP contribution in [-0.4, -0.2) is 38.8 Å². The standard InChI is InChI=1S/C13H28N2O2/c1-4-5-6-7-12(2)14-9-8-13(16)15-10-11-17-3/h12,14H,4-11H2,1-3H3,(H,15,16). The molecule has 0 radical (unpaired) electrons. The quantitative estimate of drug-likeness (QED) is 0.544. The molecule has 0 aliphatic carbocycles. The predicted octanol–water partition coefficient (Wildman–Crippen LogP) is 1.70. The van der Waals surface area contributed by atoms with Gasteiger partial charge in [-0.3, -0.25) is 4.79 Å². The highest BCUT2D eigenvalue weighted by molar-refractivity contribution is 5.75. The van der Waals surface area contributed by atoms with Crippen LogP contribution in [0.5, 0.6) is 0 Å².